The van der Waals surface area contributed by atoms with Crippen LogP contribution in [0.1, 0.15) is 135 Å². The molecule has 1 saturated carbocycles. The summed E-state index contributed by atoms with van der Waals surface area (Å²) >= 11 is 0. The molecule has 6 N–H and O–H groups in total. The fourth-order valence-corrected chi connectivity index (χ4v) is 7.06. The van der Waals surface area contributed by atoms with Crippen molar-refractivity contribution in [1.29, 1.82) is 0 Å². The zero-order chi connectivity index (χ0) is 33.5. The van der Waals surface area contributed by atoms with Gasteiger partial charge in [-0.05, 0) is 75.3 Å². The number of nitrogens with two attached hydrogens (primary N) is 2. The monoisotopic (exact) mass is 644 g/mol. The van der Waals surface area contributed by atoms with Crippen LogP contribution in [0.25, 0.3) is 0 Å². The lowest BCUT2D eigenvalue weighted by Gasteiger charge is -2.29. The Morgan fingerprint density at radius 1 is 1.07 bits per heavy atom. The van der Waals surface area contributed by atoms with Crippen molar-refractivity contribution in [1.82, 2.24) is 4.90 Å². The van der Waals surface area contributed by atoms with E-state index in [4.69, 9.17) is 20.9 Å². The third-order valence-corrected chi connectivity index (χ3v) is 9.51. The van der Waals surface area contributed by atoms with Crippen LogP contribution in [0.3, 0.4) is 0 Å². The van der Waals surface area contributed by atoms with Crippen LogP contribution < -0.4 is 16.2 Å². The van der Waals surface area contributed by atoms with Crippen LogP contribution in [0.5, 0.6) is 11.5 Å². The number of nitrogens with zero attached hydrogens (tertiary/aromatic N) is 2. The molecule has 1 aromatic carbocycles. The lowest BCUT2D eigenvalue weighted by molar-refractivity contribution is -0.148. The molecule has 1 amide bonds. The maximum Gasteiger partial charge on any atom is 0.302 e. The first-order valence-electron chi connectivity index (χ1n) is 17.8. The van der Waals surface area contributed by atoms with Crippen molar-refractivity contribution in [3.8, 4) is 11.5 Å². The Morgan fingerprint density at radius 3 is 2.46 bits per heavy atom. The second-order valence-corrected chi connectivity index (χ2v) is 13.4. The van der Waals surface area contributed by atoms with Gasteiger partial charge in [0.25, 0.3) is 0 Å². The SMILES string of the molecule is CCCCC[C@H](O)C[C@@H](CCc1cc(CN2C(=O)C[C@H](CCN=C(N)N)[C@H]2CCCCC)c(O)c(OC2CCCC2)c1)OC(C)=O. The fourth-order valence-electron chi connectivity index (χ4n) is 7.06. The van der Waals surface area contributed by atoms with Gasteiger partial charge in [0, 0.05) is 44.5 Å². The Morgan fingerprint density at radius 2 is 1.78 bits per heavy atom. The summed E-state index contributed by atoms with van der Waals surface area (Å²) in [6.45, 7) is 6.47. The molecule has 4 atom stereocenters. The van der Waals surface area contributed by atoms with Crippen molar-refractivity contribution >= 4 is 17.8 Å². The minimum atomic E-state index is -0.529. The Bertz CT molecular complexity index is 1120. The van der Waals surface area contributed by atoms with Crippen LogP contribution >= 0.6 is 0 Å². The largest absolute Gasteiger partial charge is 0.504 e. The standard InChI is InChI=1S/C36H60N4O6/c1-4-6-8-12-29(42)23-31(45-25(3)41)17-16-26-20-28(35(44)33(21-26)46-30-13-10-11-14-30)24-40-32(15-9-7-5-2)27(22-34(40)43)18-19-39-36(37)38/h20-21,27,29-32,42,44H,4-19,22-24H2,1-3H3,(H4,37,38,39)/t27-,29-,31+,32+/m0/s1. The topological polar surface area (TPSA) is 161 Å². The lowest BCUT2D eigenvalue weighted by Crippen LogP contribution is -2.35. The first kappa shape index (κ1) is 37.4. The van der Waals surface area contributed by atoms with Gasteiger partial charge in [-0.15, -0.1) is 0 Å². The quantitative estimate of drug-likeness (QED) is 0.0559. The number of aryl methyl sites for hydroxylation is 1. The summed E-state index contributed by atoms with van der Waals surface area (Å²) in [5.41, 5.74) is 12.7. The molecule has 3 rings (SSSR count). The molecule has 2 aliphatic rings. The normalized spacial score (nSPS) is 19.7. The summed E-state index contributed by atoms with van der Waals surface area (Å²) in [6, 6.07) is 3.89. The number of hydrogen-bond donors (Lipinski definition) is 4. The zero-order valence-corrected chi connectivity index (χ0v) is 28.6. The molecule has 1 aromatic rings. The Balaban J connectivity index is 1.84. The van der Waals surface area contributed by atoms with Gasteiger partial charge in [0.15, 0.2) is 17.5 Å². The van der Waals surface area contributed by atoms with E-state index < -0.39 is 12.2 Å². The van der Waals surface area contributed by atoms with Gasteiger partial charge in [-0.3, -0.25) is 14.6 Å². The van der Waals surface area contributed by atoms with Crippen molar-refractivity contribution in [2.75, 3.05) is 6.54 Å². The minimum Gasteiger partial charge on any atom is -0.504 e. The summed E-state index contributed by atoms with van der Waals surface area (Å²) in [6.07, 6.45) is 13.7. The molecule has 1 aliphatic heterocycles. The number of hydrogen-bond acceptors (Lipinski definition) is 7. The average Bonchev–Trinajstić information content (AvgIpc) is 3.61. The van der Waals surface area contributed by atoms with E-state index >= 15 is 0 Å². The van der Waals surface area contributed by atoms with E-state index in [2.05, 4.69) is 18.8 Å². The van der Waals surface area contributed by atoms with Crippen LogP contribution in [0, 0.1) is 5.92 Å². The van der Waals surface area contributed by atoms with Crippen LogP contribution in [-0.2, 0) is 27.3 Å². The number of amides is 1. The third-order valence-electron chi connectivity index (χ3n) is 9.51. The Hall–Kier alpha value is -3.01. The van der Waals surface area contributed by atoms with Gasteiger partial charge < -0.3 is 36.1 Å². The molecule has 0 bridgehead atoms. The Kier molecular flexibility index (Phi) is 16.0. The molecule has 2 fully saturated rings. The highest BCUT2D eigenvalue weighted by Crippen LogP contribution is 2.39. The van der Waals surface area contributed by atoms with Crippen LogP contribution in [0.4, 0.5) is 0 Å². The number of phenolic OH excluding ortho intramolecular Hbond substituents is 1. The first-order chi connectivity index (χ1) is 22.1. The highest BCUT2D eigenvalue weighted by molar-refractivity contribution is 5.79. The number of carbonyl (C=O) groups is 2. The number of benzene rings is 1. The van der Waals surface area contributed by atoms with Crippen LogP contribution in [-0.4, -0.2) is 63.8 Å². The van der Waals surface area contributed by atoms with Gasteiger partial charge in [0.05, 0.1) is 12.2 Å². The number of phenols is 1. The molecule has 0 spiro atoms. The van der Waals surface area contributed by atoms with Gasteiger partial charge in [0.1, 0.15) is 6.10 Å². The molecule has 10 nitrogen and oxygen atoms in total. The molecule has 10 heteroatoms. The first-order valence-corrected chi connectivity index (χ1v) is 17.8. The van der Waals surface area contributed by atoms with Gasteiger partial charge in [-0.2, -0.15) is 0 Å². The van der Waals surface area contributed by atoms with E-state index in [1.165, 1.54) is 6.92 Å². The van der Waals surface area contributed by atoms with E-state index in [9.17, 15) is 19.8 Å². The van der Waals surface area contributed by atoms with Gasteiger partial charge in [-0.1, -0.05) is 58.4 Å². The van der Waals surface area contributed by atoms with Crippen molar-refractivity contribution in [3.05, 3.63) is 23.3 Å². The van der Waals surface area contributed by atoms with Crippen molar-refractivity contribution in [2.45, 2.75) is 161 Å². The predicted octanol–water partition coefficient (Wildman–Crippen LogP) is 5.87. The molecule has 0 radical (unpaired) electrons. The molecule has 1 saturated heterocycles. The molecule has 1 heterocycles. The molecule has 260 valence electrons. The number of likely N-dealkylation sites (tertiary alicyclic amines) is 1. The number of aliphatic hydroxyl groups excluding tert-OH is 1. The summed E-state index contributed by atoms with van der Waals surface area (Å²) in [5, 5.41) is 22.1. The number of aliphatic imine (C=N–C) groups is 1. The predicted molar refractivity (Wildman–Crippen MR) is 182 cm³/mol. The second-order valence-electron chi connectivity index (χ2n) is 13.4. The highest BCUT2D eigenvalue weighted by atomic mass is 16.5. The maximum atomic E-state index is 13.5. The fraction of sp³-hybridized carbons (Fsp3) is 0.750. The van der Waals surface area contributed by atoms with Gasteiger partial charge in [0.2, 0.25) is 5.91 Å². The number of aliphatic hydroxyl groups is 1. The van der Waals surface area contributed by atoms with Crippen molar-refractivity contribution in [2.24, 2.45) is 22.4 Å². The van der Waals surface area contributed by atoms with Crippen LogP contribution in [0.15, 0.2) is 17.1 Å². The summed E-state index contributed by atoms with van der Waals surface area (Å²) < 4.78 is 12.0. The molecule has 46 heavy (non-hydrogen) atoms. The van der Waals surface area contributed by atoms with E-state index in [1.807, 2.05) is 17.0 Å². The van der Waals surface area contributed by atoms with E-state index in [0.717, 1.165) is 82.6 Å². The average molecular weight is 645 g/mol. The Labute approximate surface area is 276 Å². The number of guanidine groups is 1. The van der Waals surface area contributed by atoms with Crippen molar-refractivity contribution in [3.63, 3.8) is 0 Å². The number of esters is 1. The number of carbonyl (C=O) groups excluding carboxylic acids is 2. The van der Waals surface area contributed by atoms with E-state index in [-0.39, 0.29) is 41.6 Å². The maximum absolute atomic E-state index is 13.5. The number of ether oxygens (including phenoxy) is 2. The highest BCUT2D eigenvalue weighted by Gasteiger charge is 2.39. The summed E-state index contributed by atoms with van der Waals surface area (Å²) in [5.74, 6) is 0.441. The number of unbranched alkanes of at least 4 members (excludes halogenated alkanes) is 4. The molecule has 0 aromatic heterocycles. The van der Waals surface area contributed by atoms with E-state index in [1.54, 1.807) is 0 Å². The van der Waals surface area contributed by atoms with Crippen LogP contribution in [0.2, 0.25) is 0 Å². The van der Waals surface area contributed by atoms with Gasteiger partial charge in [-0.25, -0.2) is 0 Å². The van der Waals surface area contributed by atoms with E-state index in [0.29, 0.717) is 56.5 Å². The lowest BCUT2D eigenvalue weighted by atomic mass is 9.92. The van der Waals surface area contributed by atoms with Gasteiger partial charge >= 0.3 is 5.97 Å². The smallest absolute Gasteiger partial charge is 0.302 e. The molecule has 0 unspecified atom stereocenters. The second kappa shape index (κ2) is 19.6. The third kappa shape index (κ3) is 12.3. The number of rotatable bonds is 21. The minimum absolute atomic E-state index is 0.0399. The van der Waals surface area contributed by atoms with Crippen molar-refractivity contribution < 1.29 is 29.3 Å². The molecular formula is C36H60N4O6. The molecular weight excluding hydrogens is 584 g/mol. The zero-order valence-electron chi connectivity index (χ0n) is 28.6. The number of aromatic hydroxyl groups is 1. The summed E-state index contributed by atoms with van der Waals surface area (Å²) in [4.78, 5) is 31.5. The summed E-state index contributed by atoms with van der Waals surface area (Å²) in [7, 11) is 0. The molecule has 1 aliphatic carbocycles.